The minimum absolute atomic E-state index is 0.0655. The summed E-state index contributed by atoms with van der Waals surface area (Å²) in [6.07, 6.45) is 0.358. The van der Waals surface area contributed by atoms with E-state index in [1.165, 1.54) is 29.3 Å². The fraction of sp³-hybridized carbons (Fsp3) is 0.435. The zero-order valence-corrected chi connectivity index (χ0v) is 18.7. The zero-order chi connectivity index (χ0) is 24.0. The summed E-state index contributed by atoms with van der Waals surface area (Å²) in [7, 11) is 0. The van der Waals surface area contributed by atoms with Crippen LogP contribution in [0.5, 0.6) is 0 Å². The van der Waals surface area contributed by atoms with Gasteiger partial charge < -0.3 is 10.2 Å². The highest BCUT2D eigenvalue weighted by Gasteiger charge is 2.51. The molecular weight excluding hydrogens is 447 g/mol. The van der Waals surface area contributed by atoms with E-state index in [0.29, 0.717) is 17.3 Å². The van der Waals surface area contributed by atoms with Crippen LogP contribution in [0.1, 0.15) is 41.6 Å². The Morgan fingerprint density at radius 1 is 1.12 bits per heavy atom. The molecule has 1 aliphatic carbocycles. The Bertz CT molecular complexity index is 1190. The molecule has 1 saturated carbocycles. The molecule has 5 heterocycles. The fourth-order valence-corrected chi connectivity index (χ4v) is 4.96. The minimum atomic E-state index is -4.52. The number of aromatic nitrogens is 5. The quantitative estimate of drug-likeness (QED) is 0.610. The van der Waals surface area contributed by atoms with Crippen LogP contribution in [-0.4, -0.2) is 54.4 Å². The van der Waals surface area contributed by atoms with Crippen LogP contribution in [0, 0.1) is 18.8 Å². The number of nitrogens with one attached hydrogen (secondary N) is 1. The van der Waals surface area contributed by atoms with E-state index < -0.39 is 11.9 Å². The van der Waals surface area contributed by atoms with Crippen LogP contribution in [0.4, 0.5) is 19.0 Å². The molecule has 6 rings (SSSR count). The molecular formula is C23H24F3N7O. The first-order chi connectivity index (χ1) is 16.2. The molecule has 0 radical (unpaired) electrons. The lowest BCUT2D eigenvalue weighted by Gasteiger charge is -2.57. The molecule has 2 atom stereocenters. The first kappa shape index (κ1) is 22.3. The van der Waals surface area contributed by atoms with Crippen molar-refractivity contribution in [3.05, 3.63) is 59.8 Å². The molecule has 3 aliphatic rings. The van der Waals surface area contributed by atoms with Gasteiger partial charge in [-0.3, -0.25) is 4.79 Å². The number of carbonyl (C=O) groups is 1. The third-order valence-electron chi connectivity index (χ3n) is 6.87. The summed E-state index contributed by atoms with van der Waals surface area (Å²) in [5, 5.41) is 11.3. The average molecular weight is 471 g/mol. The lowest BCUT2D eigenvalue weighted by molar-refractivity contribution is -0.141. The molecule has 1 amide bonds. The molecule has 2 saturated heterocycles. The predicted octanol–water partition coefficient (Wildman–Crippen LogP) is 3.74. The number of nitrogens with zero attached hydrogens (tertiary/aromatic N) is 6. The number of carbonyl (C=O) groups excluding carboxylic acids is 1. The summed E-state index contributed by atoms with van der Waals surface area (Å²) in [6, 6.07) is 7.17. The van der Waals surface area contributed by atoms with Crippen molar-refractivity contribution in [2.24, 2.45) is 11.8 Å². The number of hydrogen-bond donors (Lipinski definition) is 1. The van der Waals surface area contributed by atoms with Gasteiger partial charge >= 0.3 is 6.18 Å². The zero-order valence-electron chi connectivity index (χ0n) is 18.7. The molecule has 3 fully saturated rings. The second-order valence-electron chi connectivity index (χ2n) is 8.95. The third-order valence-corrected chi connectivity index (χ3v) is 6.87. The lowest BCUT2D eigenvalue weighted by atomic mass is 9.64. The molecule has 0 spiro atoms. The molecule has 8 nitrogen and oxygen atoms in total. The maximum atomic E-state index is 13.9. The number of aryl methyl sites for hydroxylation is 1. The van der Waals surface area contributed by atoms with Crippen molar-refractivity contribution in [3.63, 3.8) is 0 Å². The molecule has 178 valence electrons. The van der Waals surface area contributed by atoms with Crippen LogP contribution >= 0.6 is 0 Å². The summed E-state index contributed by atoms with van der Waals surface area (Å²) >= 11 is 0. The van der Waals surface area contributed by atoms with Crippen molar-refractivity contribution in [1.29, 1.82) is 0 Å². The predicted molar refractivity (Wildman–Crippen MR) is 117 cm³/mol. The Labute approximate surface area is 194 Å². The van der Waals surface area contributed by atoms with Crippen LogP contribution in [0.3, 0.4) is 0 Å². The topological polar surface area (TPSA) is 88.8 Å². The van der Waals surface area contributed by atoms with Crippen LogP contribution in [0.2, 0.25) is 0 Å². The van der Waals surface area contributed by atoms with Gasteiger partial charge in [0, 0.05) is 18.3 Å². The van der Waals surface area contributed by atoms with Crippen molar-refractivity contribution in [2.45, 2.75) is 44.9 Å². The standard InChI is InChI=1S/C23H24F3N7O/c1-13-6-7-17(33-28-8-9-29-33)21(30-13)22(34)32-16-10-15(11-16)14(2)18(32)12-27-20-5-3-4-19(31-20)23(24,25)26/h3-9,14-16,18H,10-12H2,1-2H3,(H,27,31)/t14-,15?,16?,18-/m1/s1. The number of pyridine rings is 2. The van der Waals surface area contributed by atoms with E-state index >= 15 is 0 Å². The van der Waals surface area contributed by atoms with Crippen LogP contribution in [0.25, 0.3) is 5.69 Å². The third kappa shape index (κ3) is 3.99. The summed E-state index contributed by atoms with van der Waals surface area (Å²) in [4.78, 5) is 25.3. The Balaban J connectivity index is 1.43. The van der Waals surface area contributed by atoms with Crippen molar-refractivity contribution in [1.82, 2.24) is 29.9 Å². The van der Waals surface area contributed by atoms with Crippen molar-refractivity contribution >= 4 is 11.7 Å². The molecule has 0 aromatic carbocycles. The molecule has 2 aliphatic heterocycles. The molecule has 3 aromatic rings. The second kappa shape index (κ2) is 8.37. The van der Waals surface area contributed by atoms with Crippen LogP contribution in [0.15, 0.2) is 42.7 Å². The van der Waals surface area contributed by atoms with Crippen LogP contribution < -0.4 is 5.32 Å². The van der Waals surface area contributed by atoms with Gasteiger partial charge in [0.1, 0.15) is 17.2 Å². The van der Waals surface area contributed by atoms with Gasteiger partial charge in [0.15, 0.2) is 5.69 Å². The lowest BCUT2D eigenvalue weighted by Crippen LogP contribution is -2.64. The van der Waals surface area contributed by atoms with Gasteiger partial charge in [0.2, 0.25) is 0 Å². The van der Waals surface area contributed by atoms with E-state index in [1.54, 1.807) is 12.1 Å². The number of piperidine rings is 2. The number of fused-ring (bicyclic) bond motifs is 2. The Kier molecular flexibility index (Phi) is 5.49. The smallest absolute Gasteiger partial charge is 0.368 e. The van der Waals surface area contributed by atoms with Gasteiger partial charge in [-0.15, -0.1) is 4.80 Å². The van der Waals surface area contributed by atoms with Crippen molar-refractivity contribution < 1.29 is 18.0 Å². The number of anilines is 1. The van der Waals surface area contributed by atoms with Crippen molar-refractivity contribution in [2.75, 3.05) is 11.9 Å². The summed E-state index contributed by atoms with van der Waals surface area (Å²) in [6.45, 7) is 4.19. The van der Waals surface area contributed by atoms with E-state index in [0.717, 1.165) is 18.9 Å². The van der Waals surface area contributed by atoms with E-state index in [4.69, 9.17) is 0 Å². The van der Waals surface area contributed by atoms with Gasteiger partial charge in [-0.1, -0.05) is 13.0 Å². The molecule has 11 heteroatoms. The monoisotopic (exact) mass is 471 g/mol. The first-order valence-electron chi connectivity index (χ1n) is 11.2. The van der Waals surface area contributed by atoms with Gasteiger partial charge in [-0.2, -0.15) is 23.4 Å². The highest BCUT2D eigenvalue weighted by atomic mass is 19.4. The normalized spacial score (nSPS) is 24.0. The minimum Gasteiger partial charge on any atom is -0.368 e. The van der Waals surface area contributed by atoms with Gasteiger partial charge in [0.05, 0.1) is 18.4 Å². The molecule has 2 bridgehead atoms. The fourth-order valence-electron chi connectivity index (χ4n) is 4.96. The number of hydrogen-bond acceptors (Lipinski definition) is 6. The van der Waals surface area contributed by atoms with E-state index in [-0.39, 0.29) is 42.0 Å². The first-order valence-corrected chi connectivity index (χ1v) is 11.2. The van der Waals surface area contributed by atoms with Gasteiger partial charge in [-0.25, -0.2) is 9.97 Å². The Morgan fingerprint density at radius 2 is 1.85 bits per heavy atom. The van der Waals surface area contributed by atoms with Crippen molar-refractivity contribution in [3.8, 4) is 5.69 Å². The second-order valence-corrected chi connectivity index (χ2v) is 8.95. The van der Waals surface area contributed by atoms with E-state index in [1.807, 2.05) is 11.8 Å². The largest absolute Gasteiger partial charge is 0.433 e. The Hall–Kier alpha value is -3.50. The summed E-state index contributed by atoms with van der Waals surface area (Å²) < 4.78 is 39.2. The maximum absolute atomic E-state index is 13.9. The maximum Gasteiger partial charge on any atom is 0.433 e. The number of amides is 1. The van der Waals surface area contributed by atoms with E-state index in [2.05, 4.69) is 32.4 Å². The number of halogens is 3. The van der Waals surface area contributed by atoms with Gasteiger partial charge in [0.25, 0.3) is 5.91 Å². The molecule has 0 unspecified atom stereocenters. The summed E-state index contributed by atoms with van der Waals surface area (Å²) in [5.41, 5.74) is 0.487. The van der Waals surface area contributed by atoms with E-state index in [9.17, 15) is 18.0 Å². The molecule has 34 heavy (non-hydrogen) atoms. The molecule has 1 N–H and O–H groups in total. The number of alkyl halides is 3. The van der Waals surface area contributed by atoms with Crippen LogP contribution in [-0.2, 0) is 6.18 Å². The highest BCUT2D eigenvalue weighted by Crippen LogP contribution is 2.47. The van der Waals surface area contributed by atoms with Gasteiger partial charge in [-0.05, 0) is 55.9 Å². The molecule has 3 aromatic heterocycles. The Morgan fingerprint density at radius 3 is 2.56 bits per heavy atom. The average Bonchev–Trinajstić information content (AvgIpc) is 3.31. The summed E-state index contributed by atoms with van der Waals surface area (Å²) in [5.74, 6) is 0.551. The highest BCUT2D eigenvalue weighted by molar-refractivity contribution is 5.96. The number of rotatable bonds is 5. The SMILES string of the molecule is Cc1ccc(-n2nccn2)c(C(=O)N2C3CC(C3)[C@@H](C)[C@H]2CNc2cccc(C(F)(F)F)n2)n1.